The molecule has 2 heterocycles. The number of ether oxygens (including phenoxy) is 1. The van der Waals surface area contributed by atoms with Crippen LogP contribution < -0.4 is 5.73 Å². The Balaban J connectivity index is 2.32. The summed E-state index contributed by atoms with van der Waals surface area (Å²) in [4.78, 5) is 0. The minimum atomic E-state index is -0.284. The van der Waals surface area contributed by atoms with E-state index in [0.29, 0.717) is 6.04 Å². The fraction of sp³-hybridized carbons (Fsp3) is 0.769. The molecule has 2 N–H and O–H groups in total. The van der Waals surface area contributed by atoms with Gasteiger partial charge in [0.2, 0.25) is 0 Å². The molecule has 0 aromatic carbocycles. The quantitative estimate of drug-likeness (QED) is 0.932. The molecular weight excluding hydrogens is 294 g/mol. The Morgan fingerprint density at radius 2 is 2.22 bits per heavy atom. The Morgan fingerprint density at radius 3 is 2.78 bits per heavy atom. The first-order chi connectivity index (χ1) is 8.46. The standard InChI is InChI=1S/C13H22BrN3O/c1-9(2)17-11(10(14)8-16-17)12(15)13(3)6-4-5-7-18-13/h8-9,12H,4-7,15H2,1-3H3. The van der Waals surface area contributed by atoms with Crippen molar-refractivity contribution in [3.05, 3.63) is 16.4 Å². The van der Waals surface area contributed by atoms with Gasteiger partial charge in [-0.15, -0.1) is 0 Å². The monoisotopic (exact) mass is 315 g/mol. The van der Waals surface area contributed by atoms with E-state index in [4.69, 9.17) is 10.5 Å². The number of nitrogens with zero attached hydrogens (tertiary/aromatic N) is 2. The highest BCUT2D eigenvalue weighted by Crippen LogP contribution is 2.38. The summed E-state index contributed by atoms with van der Waals surface area (Å²) in [6, 6.07) is 0.140. The summed E-state index contributed by atoms with van der Waals surface area (Å²) >= 11 is 3.56. The van der Waals surface area contributed by atoms with Crippen LogP contribution in [0.2, 0.25) is 0 Å². The fourth-order valence-electron chi connectivity index (χ4n) is 2.54. The lowest BCUT2D eigenvalue weighted by Crippen LogP contribution is -2.44. The van der Waals surface area contributed by atoms with Crippen molar-refractivity contribution in [2.24, 2.45) is 5.73 Å². The van der Waals surface area contributed by atoms with E-state index in [1.54, 1.807) is 0 Å². The molecule has 0 aliphatic carbocycles. The van der Waals surface area contributed by atoms with Gasteiger partial charge in [0.1, 0.15) is 0 Å². The third kappa shape index (κ3) is 2.49. The van der Waals surface area contributed by atoms with Crippen molar-refractivity contribution < 1.29 is 4.74 Å². The summed E-state index contributed by atoms with van der Waals surface area (Å²) in [5, 5.41) is 4.40. The summed E-state index contributed by atoms with van der Waals surface area (Å²) in [5.74, 6) is 0. The molecule has 5 heteroatoms. The van der Waals surface area contributed by atoms with E-state index < -0.39 is 0 Å². The molecule has 0 bridgehead atoms. The van der Waals surface area contributed by atoms with Gasteiger partial charge in [0.15, 0.2) is 0 Å². The Morgan fingerprint density at radius 1 is 1.50 bits per heavy atom. The van der Waals surface area contributed by atoms with Crippen LogP contribution in [-0.4, -0.2) is 22.0 Å². The molecule has 1 aliphatic heterocycles. The van der Waals surface area contributed by atoms with Crippen molar-refractivity contribution in [3.63, 3.8) is 0 Å². The molecule has 1 aromatic heterocycles. The number of nitrogens with two attached hydrogens (primary N) is 1. The largest absolute Gasteiger partial charge is 0.373 e. The molecular formula is C13H22BrN3O. The summed E-state index contributed by atoms with van der Waals surface area (Å²) in [6.45, 7) is 7.14. The van der Waals surface area contributed by atoms with Gasteiger partial charge in [-0.05, 0) is 56.0 Å². The second-order valence-electron chi connectivity index (χ2n) is 5.51. The van der Waals surface area contributed by atoms with E-state index in [1.165, 1.54) is 6.42 Å². The minimum Gasteiger partial charge on any atom is -0.373 e. The second-order valence-corrected chi connectivity index (χ2v) is 6.37. The topological polar surface area (TPSA) is 53.1 Å². The molecule has 0 radical (unpaired) electrons. The lowest BCUT2D eigenvalue weighted by atomic mass is 9.87. The molecule has 102 valence electrons. The lowest BCUT2D eigenvalue weighted by molar-refractivity contribution is -0.0837. The van der Waals surface area contributed by atoms with Crippen molar-refractivity contribution in [1.29, 1.82) is 0 Å². The van der Waals surface area contributed by atoms with Crippen LogP contribution in [0.25, 0.3) is 0 Å². The van der Waals surface area contributed by atoms with Crippen LogP contribution in [0, 0.1) is 0 Å². The van der Waals surface area contributed by atoms with Crippen LogP contribution in [0.5, 0.6) is 0 Å². The number of hydrogen-bond acceptors (Lipinski definition) is 3. The van der Waals surface area contributed by atoms with Gasteiger partial charge >= 0.3 is 0 Å². The van der Waals surface area contributed by atoms with Gasteiger partial charge in [-0.25, -0.2) is 0 Å². The maximum atomic E-state index is 6.47. The number of aromatic nitrogens is 2. The van der Waals surface area contributed by atoms with Crippen LogP contribution in [0.3, 0.4) is 0 Å². The zero-order valence-corrected chi connectivity index (χ0v) is 12.9. The van der Waals surface area contributed by atoms with E-state index in [-0.39, 0.29) is 11.6 Å². The molecule has 1 fully saturated rings. The average molecular weight is 316 g/mol. The summed E-state index contributed by atoms with van der Waals surface area (Å²) in [5.41, 5.74) is 7.22. The Bertz CT molecular complexity index is 410. The molecule has 0 saturated carbocycles. The van der Waals surface area contributed by atoms with Crippen molar-refractivity contribution >= 4 is 15.9 Å². The predicted octanol–water partition coefficient (Wildman–Crippen LogP) is 3.19. The van der Waals surface area contributed by atoms with Gasteiger partial charge in [0.25, 0.3) is 0 Å². The molecule has 2 atom stereocenters. The van der Waals surface area contributed by atoms with Crippen LogP contribution in [0.15, 0.2) is 10.7 Å². The second kappa shape index (κ2) is 5.31. The van der Waals surface area contributed by atoms with E-state index in [1.807, 2.05) is 10.9 Å². The summed E-state index contributed by atoms with van der Waals surface area (Å²) in [6.07, 6.45) is 5.13. The zero-order chi connectivity index (χ0) is 13.3. The van der Waals surface area contributed by atoms with Crippen LogP contribution in [-0.2, 0) is 4.74 Å². The van der Waals surface area contributed by atoms with Crippen molar-refractivity contribution in [2.45, 2.75) is 57.7 Å². The normalized spacial score (nSPS) is 26.6. The predicted molar refractivity (Wildman–Crippen MR) is 75.4 cm³/mol. The first kappa shape index (κ1) is 14.0. The third-order valence-electron chi connectivity index (χ3n) is 3.73. The smallest absolute Gasteiger partial charge is 0.0861 e. The summed E-state index contributed by atoms with van der Waals surface area (Å²) < 4.78 is 8.91. The SMILES string of the molecule is CC(C)n1ncc(Br)c1C(N)C1(C)CCCCO1. The van der Waals surface area contributed by atoms with Crippen molar-refractivity contribution in [2.75, 3.05) is 6.61 Å². The van der Waals surface area contributed by atoms with Crippen LogP contribution in [0.1, 0.15) is 57.8 Å². The fourth-order valence-corrected chi connectivity index (χ4v) is 3.06. The highest BCUT2D eigenvalue weighted by molar-refractivity contribution is 9.10. The molecule has 4 nitrogen and oxygen atoms in total. The Kier molecular flexibility index (Phi) is 4.14. The molecule has 18 heavy (non-hydrogen) atoms. The van der Waals surface area contributed by atoms with Crippen molar-refractivity contribution in [3.8, 4) is 0 Å². The lowest BCUT2D eigenvalue weighted by Gasteiger charge is -2.39. The van der Waals surface area contributed by atoms with Gasteiger partial charge in [0.05, 0.1) is 28.0 Å². The minimum absolute atomic E-state index is 0.155. The third-order valence-corrected chi connectivity index (χ3v) is 4.34. The van der Waals surface area contributed by atoms with E-state index in [2.05, 4.69) is 41.8 Å². The number of halogens is 1. The highest BCUT2D eigenvalue weighted by Gasteiger charge is 2.38. The Hall–Kier alpha value is -0.390. The molecule has 1 saturated heterocycles. The summed E-state index contributed by atoms with van der Waals surface area (Å²) in [7, 11) is 0. The Labute approximate surface area is 117 Å². The first-order valence-electron chi connectivity index (χ1n) is 6.58. The van der Waals surface area contributed by atoms with Gasteiger partial charge in [0, 0.05) is 12.6 Å². The van der Waals surface area contributed by atoms with Crippen LogP contribution >= 0.6 is 15.9 Å². The van der Waals surface area contributed by atoms with E-state index >= 15 is 0 Å². The number of hydrogen-bond donors (Lipinski definition) is 1. The molecule has 2 unspecified atom stereocenters. The molecule has 1 aliphatic rings. The zero-order valence-electron chi connectivity index (χ0n) is 11.3. The molecule has 0 spiro atoms. The van der Waals surface area contributed by atoms with E-state index in [0.717, 1.165) is 29.6 Å². The molecule has 2 rings (SSSR count). The number of rotatable bonds is 3. The van der Waals surface area contributed by atoms with Crippen LogP contribution in [0.4, 0.5) is 0 Å². The van der Waals surface area contributed by atoms with Crippen molar-refractivity contribution in [1.82, 2.24) is 9.78 Å². The molecule has 0 amide bonds. The average Bonchev–Trinajstić information content (AvgIpc) is 2.71. The van der Waals surface area contributed by atoms with Gasteiger partial charge in [-0.2, -0.15) is 5.10 Å². The van der Waals surface area contributed by atoms with Gasteiger partial charge in [-0.1, -0.05) is 0 Å². The highest BCUT2D eigenvalue weighted by atomic mass is 79.9. The van der Waals surface area contributed by atoms with Gasteiger partial charge < -0.3 is 10.5 Å². The maximum absolute atomic E-state index is 6.47. The van der Waals surface area contributed by atoms with E-state index in [9.17, 15) is 0 Å². The molecule has 1 aromatic rings. The first-order valence-corrected chi connectivity index (χ1v) is 7.37. The van der Waals surface area contributed by atoms with Gasteiger partial charge in [-0.3, -0.25) is 4.68 Å². The maximum Gasteiger partial charge on any atom is 0.0861 e.